The van der Waals surface area contributed by atoms with Crippen LogP contribution < -0.4 is 5.43 Å². The van der Waals surface area contributed by atoms with Gasteiger partial charge in [0.05, 0.1) is 11.3 Å². The number of pyridine rings is 1. The Morgan fingerprint density at radius 1 is 1.21 bits per heavy atom. The highest BCUT2D eigenvalue weighted by atomic mass is 35.5. The molecule has 2 heterocycles. The number of phenolic OH excluding ortho intramolecular Hbond substituents is 1. The largest absolute Gasteiger partial charge is 0.507 e. The van der Waals surface area contributed by atoms with Crippen molar-refractivity contribution in [2.75, 3.05) is 13.1 Å². The Kier molecular flexibility index (Phi) is 6.51. The van der Waals surface area contributed by atoms with Crippen LogP contribution in [0.25, 0.3) is 0 Å². The summed E-state index contributed by atoms with van der Waals surface area (Å²) in [6.07, 6.45) is 5.14. The lowest BCUT2D eigenvalue weighted by molar-refractivity contribution is 0.0954. The smallest absolute Gasteiger partial charge is 0.272 e. The molecule has 0 saturated carbocycles. The Morgan fingerprint density at radius 2 is 1.93 bits per heavy atom. The fourth-order valence-electron chi connectivity index (χ4n) is 3.00. The van der Waals surface area contributed by atoms with Crippen molar-refractivity contribution in [1.29, 1.82) is 0 Å². The third kappa shape index (κ3) is 4.92. The maximum absolute atomic E-state index is 12.8. The first-order valence-corrected chi connectivity index (χ1v) is 10.9. The fraction of sp³-hybridized carbons (Fsp3) is 0.316. The second kappa shape index (κ2) is 8.89. The highest BCUT2D eigenvalue weighted by Crippen LogP contribution is 2.22. The highest BCUT2D eigenvalue weighted by Gasteiger charge is 2.27. The normalized spacial score (nSPS) is 15.9. The third-order valence-corrected chi connectivity index (χ3v) is 6.70. The molecule has 1 aliphatic rings. The number of piperidine rings is 1. The van der Waals surface area contributed by atoms with E-state index in [1.807, 2.05) is 0 Å². The number of phenols is 1. The zero-order valence-electron chi connectivity index (χ0n) is 15.8. The maximum atomic E-state index is 12.8. The van der Waals surface area contributed by atoms with Gasteiger partial charge in [-0.3, -0.25) is 9.78 Å². The summed E-state index contributed by atoms with van der Waals surface area (Å²) in [7, 11) is -3.70. The predicted molar refractivity (Wildman–Crippen MR) is 110 cm³/mol. The minimum atomic E-state index is -3.70. The van der Waals surface area contributed by atoms with Crippen LogP contribution in [-0.2, 0) is 10.0 Å². The number of amides is 1. The van der Waals surface area contributed by atoms with Crippen molar-refractivity contribution in [3.63, 3.8) is 0 Å². The van der Waals surface area contributed by atoms with Crippen LogP contribution in [0, 0.1) is 0 Å². The molecule has 1 aromatic heterocycles. The lowest BCUT2D eigenvalue weighted by Crippen LogP contribution is -2.35. The predicted octanol–water partition coefficient (Wildman–Crippen LogP) is 2.77. The summed E-state index contributed by atoms with van der Waals surface area (Å²) < 4.78 is 27.0. The van der Waals surface area contributed by atoms with Gasteiger partial charge in [-0.1, -0.05) is 18.0 Å². The van der Waals surface area contributed by atoms with E-state index in [9.17, 15) is 18.3 Å². The first kappa shape index (κ1) is 21.2. The van der Waals surface area contributed by atoms with Gasteiger partial charge in [0.15, 0.2) is 0 Å². The number of hydrazone groups is 1. The molecule has 0 aliphatic carbocycles. The molecule has 29 heavy (non-hydrogen) atoms. The fourth-order valence-corrected chi connectivity index (χ4v) is 4.67. The maximum Gasteiger partial charge on any atom is 0.272 e. The number of nitrogens with one attached hydrogen (secondary N) is 1. The van der Waals surface area contributed by atoms with E-state index in [0.717, 1.165) is 19.3 Å². The van der Waals surface area contributed by atoms with E-state index in [1.165, 1.54) is 41.0 Å². The van der Waals surface area contributed by atoms with Gasteiger partial charge in [0, 0.05) is 36.1 Å². The Bertz CT molecular complexity index is 1050. The van der Waals surface area contributed by atoms with Crippen LogP contribution >= 0.6 is 11.6 Å². The van der Waals surface area contributed by atoms with Crippen LogP contribution in [0.5, 0.6) is 5.75 Å². The molecule has 1 aromatic carbocycles. The molecule has 2 N–H and O–H groups in total. The number of carbonyl (C=O) groups is 1. The van der Waals surface area contributed by atoms with E-state index in [0.29, 0.717) is 29.4 Å². The molecular weight excluding hydrogens is 416 g/mol. The molecule has 1 amide bonds. The van der Waals surface area contributed by atoms with Crippen molar-refractivity contribution < 1.29 is 18.3 Å². The molecule has 3 rings (SSSR count). The number of nitrogens with zero attached hydrogens (tertiary/aromatic N) is 3. The summed E-state index contributed by atoms with van der Waals surface area (Å²) in [4.78, 5) is 16.3. The van der Waals surface area contributed by atoms with Gasteiger partial charge >= 0.3 is 0 Å². The lowest BCUT2D eigenvalue weighted by atomic mass is 10.1. The summed E-state index contributed by atoms with van der Waals surface area (Å²) in [5.74, 6) is -0.643. The minimum absolute atomic E-state index is 0.0267. The number of aromatic hydroxyl groups is 1. The van der Waals surface area contributed by atoms with E-state index in [2.05, 4.69) is 15.5 Å². The van der Waals surface area contributed by atoms with Crippen molar-refractivity contribution in [2.45, 2.75) is 31.1 Å². The SMILES string of the molecule is C/C(=N\NC(=O)c1cncc(S(=O)(=O)N2CCCCC2)c1)c1cc(Cl)ccc1O. The average Bonchev–Trinajstić information content (AvgIpc) is 2.74. The van der Waals surface area contributed by atoms with E-state index < -0.39 is 15.9 Å². The molecule has 0 spiro atoms. The number of hydrogen-bond donors (Lipinski definition) is 2. The summed E-state index contributed by atoms with van der Waals surface area (Å²) in [5, 5.41) is 14.3. The number of aromatic nitrogens is 1. The highest BCUT2D eigenvalue weighted by molar-refractivity contribution is 7.89. The monoisotopic (exact) mass is 436 g/mol. The molecule has 1 fully saturated rings. The Balaban J connectivity index is 1.78. The number of hydrogen-bond acceptors (Lipinski definition) is 6. The Labute approximate surface area is 174 Å². The number of carbonyl (C=O) groups excluding carboxylic acids is 1. The van der Waals surface area contributed by atoms with Crippen LogP contribution in [0.15, 0.2) is 46.7 Å². The number of sulfonamides is 1. The van der Waals surface area contributed by atoms with Crippen molar-refractivity contribution >= 4 is 33.2 Å². The van der Waals surface area contributed by atoms with Crippen LogP contribution in [0.4, 0.5) is 0 Å². The number of rotatable bonds is 5. The van der Waals surface area contributed by atoms with Gasteiger partial charge in [-0.25, -0.2) is 13.8 Å². The topological polar surface area (TPSA) is 112 Å². The molecule has 0 radical (unpaired) electrons. The third-order valence-electron chi connectivity index (χ3n) is 4.60. The molecule has 10 heteroatoms. The standard InChI is InChI=1S/C19H21ClN4O4S/c1-13(17-10-15(20)5-6-18(17)25)22-23-19(26)14-9-16(12-21-11-14)29(27,28)24-7-3-2-4-8-24/h5-6,9-12,25H,2-4,7-8H2,1H3,(H,23,26)/b22-13+. The molecule has 0 unspecified atom stereocenters. The van der Waals surface area contributed by atoms with E-state index in [-0.39, 0.29) is 16.2 Å². The van der Waals surface area contributed by atoms with Crippen molar-refractivity contribution in [3.8, 4) is 5.75 Å². The molecule has 154 valence electrons. The molecular formula is C19H21ClN4O4S. The number of halogens is 1. The van der Waals surface area contributed by atoms with Crippen molar-refractivity contribution in [3.05, 3.63) is 52.8 Å². The molecule has 1 saturated heterocycles. The van der Waals surface area contributed by atoms with Crippen LogP contribution in [0.2, 0.25) is 5.02 Å². The van der Waals surface area contributed by atoms with E-state index in [4.69, 9.17) is 11.6 Å². The first-order valence-electron chi connectivity index (χ1n) is 9.08. The molecule has 0 bridgehead atoms. The Hall–Kier alpha value is -2.49. The van der Waals surface area contributed by atoms with Crippen LogP contribution in [-0.4, -0.2) is 47.5 Å². The van der Waals surface area contributed by atoms with Crippen LogP contribution in [0.1, 0.15) is 42.1 Å². The van der Waals surface area contributed by atoms with Gasteiger partial charge in [-0.2, -0.15) is 9.41 Å². The lowest BCUT2D eigenvalue weighted by Gasteiger charge is -2.25. The second-order valence-electron chi connectivity index (χ2n) is 6.67. The summed E-state index contributed by atoms with van der Waals surface area (Å²) in [5.41, 5.74) is 3.12. The molecule has 0 atom stereocenters. The van der Waals surface area contributed by atoms with E-state index in [1.54, 1.807) is 6.92 Å². The van der Waals surface area contributed by atoms with Gasteiger partial charge in [0.2, 0.25) is 10.0 Å². The summed E-state index contributed by atoms with van der Waals surface area (Å²) in [6, 6.07) is 5.77. The van der Waals surface area contributed by atoms with Gasteiger partial charge in [-0.15, -0.1) is 0 Å². The zero-order valence-corrected chi connectivity index (χ0v) is 17.4. The van der Waals surface area contributed by atoms with E-state index >= 15 is 0 Å². The van der Waals surface area contributed by atoms with Gasteiger partial charge in [0.25, 0.3) is 5.91 Å². The summed E-state index contributed by atoms with van der Waals surface area (Å²) in [6.45, 7) is 2.53. The van der Waals surface area contributed by atoms with Crippen molar-refractivity contribution in [2.24, 2.45) is 5.10 Å². The average molecular weight is 437 g/mol. The second-order valence-corrected chi connectivity index (χ2v) is 9.05. The zero-order chi connectivity index (χ0) is 21.0. The molecule has 1 aliphatic heterocycles. The quantitative estimate of drug-likeness (QED) is 0.552. The van der Waals surface area contributed by atoms with Gasteiger partial charge in [-0.05, 0) is 44.0 Å². The summed E-state index contributed by atoms with van der Waals surface area (Å²) >= 11 is 5.92. The van der Waals surface area contributed by atoms with Gasteiger partial charge in [0.1, 0.15) is 10.6 Å². The molecule has 2 aromatic rings. The Morgan fingerprint density at radius 3 is 2.66 bits per heavy atom. The first-order chi connectivity index (χ1) is 13.8. The van der Waals surface area contributed by atoms with Crippen molar-refractivity contribution in [1.82, 2.24) is 14.7 Å². The molecule has 8 nitrogen and oxygen atoms in total. The number of benzene rings is 1. The van der Waals surface area contributed by atoms with Gasteiger partial charge < -0.3 is 5.11 Å². The van der Waals surface area contributed by atoms with Crippen LogP contribution in [0.3, 0.4) is 0 Å². The minimum Gasteiger partial charge on any atom is -0.507 e.